The quantitative estimate of drug-likeness (QED) is 0.566. The fourth-order valence-electron chi connectivity index (χ4n) is 2.02. The van der Waals surface area contributed by atoms with Crippen molar-refractivity contribution in [3.05, 3.63) is 64.0 Å². The summed E-state index contributed by atoms with van der Waals surface area (Å²) in [6, 6.07) is 10.3. The Labute approximate surface area is 124 Å². The van der Waals surface area contributed by atoms with Crippen LogP contribution in [0, 0.1) is 6.92 Å². The van der Waals surface area contributed by atoms with Gasteiger partial charge in [0.25, 0.3) is 11.5 Å². The number of nitrogens with one attached hydrogen (secondary N) is 2. The summed E-state index contributed by atoms with van der Waals surface area (Å²) in [6.45, 7) is 1.81. The maximum Gasteiger partial charge on any atom is 0.292 e. The molecule has 0 fully saturated rings. The number of benzene rings is 1. The lowest BCUT2D eigenvalue weighted by Crippen LogP contribution is -2.22. The normalized spacial score (nSPS) is 11.1. The van der Waals surface area contributed by atoms with Gasteiger partial charge in [-0.2, -0.15) is 10.2 Å². The molecule has 0 saturated carbocycles. The van der Waals surface area contributed by atoms with Crippen molar-refractivity contribution >= 4 is 22.9 Å². The van der Waals surface area contributed by atoms with E-state index in [9.17, 15) is 9.59 Å². The van der Waals surface area contributed by atoms with Crippen molar-refractivity contribution in [3.63, 3.8) is 0 Å². The standard InChI is InChI=1S/C15H12N4O3/c1-9-6-7-10(22-9)8-16-18-15(21)13-11-4-2-3-5-12(11)14(20)19-17-13/h2-8H,1H3,(H,18,21)(H,19,20)/b16-8-. The van der Waals surface area contributed by atoms with E-state index in [1.54, 1.807) is 36.4 Å². The molecule has 1 aromatic carbocycles. The summed E-state index contributed by atoms with van der Waals surface area (Å²) < 4.78 is 5.29. The molecule has 1 amide bonds. The lowest BCUT2D eigenvalue weighted by Gasteiger charge is -2.02. The first-order chi connectivity index (χ1) is 10.6. The number of hydrazone groups is 1. The second-order valence-electron chi connectivity index (χ2n) is 4.59. The van der Waals surface area contributed by atoms with Gasteiger partial charge in [0.2, 0.25) is 0 Å². The summed E-state index contributed by atoms with van der Waals surface area (Å²) in [5.41, 5.74) is 2.11. The maximum atomic E-state index is 12.1. The van der Waals surface area contributed by atoms with E-state index in [2.05, 4.69) is 20.7 Å². The summed E-state index contributed by atoms with van der Waals surface area (Å²) >= 11 is 0. The Hall–Kier alpha value is -3.22. The number of amides is 1. The first-order valence-corrected chi connectivity index (χ1v) is 6.52. The predicted molar refractivity (Wildman–Crippen MR) is 80.9 cm³/mol. The number of rotatable bonds is 3. The van der Waals surface area contributed by atoms with Gasteiger partial charge in [-0.25, -0.2) is 10.5 Å². The van der Waals surface area contributed by atoms with E-state index in [0.29, 0.717) is 16.5 Å². The van der Waals surface area contributed by atoms with Gasteiger partial charge in [0.15, 0.2) is 5.69 Å². The molecule has 110 valence electrons. The van der Waals surface area contributed by atoms with Gasteiger partial charge in [-0.3, -0.25) is 9.59 Å². The second-order valence-corrected chi connectivity index (χ2v) is 4.59. The Morgan fingerprint density at radius 2 is 2.05 bits per heavy atom. The molecule has 7 nitrogen and oxygen atoms in total. The Kier molecular flexibility index (Phi) is 3.53. The van der Waals surface area contributed by atoms with Crippen LogP contribution in [-0.4, -0.2) is 22.3 Å². The molecule has 22 heavy (non-hydrogen) atoms. The fraction of sp³-hybridized carbons (Fsp3) is 0.0667. The first-order valence-electron chi connectivity index (χ1n) is 6.52. The van der Waals surface area contributed by atoms with Crippen LogP contribution in [0.1, 0.15) is 22.0 Å². The van der Waals surface area contributed by atoms with Crippen molar-refractivity contribution in [1.82, 2.24) is 15.6 Å². The van der Waals surface area contributed by atoms with Crippen molar-refractivity contribution in [2.24, 2.45) is 5.10 Å². The first kappa shape index (κ1) is 13.7. The molecule has 3 aromatic rings. The number of aryl methyl sites for hydroxylation is 1. The van der Waals surface area contributed by atoms with E-state index in [-0.39, 0.29) is 11.3 Å². The van der Waals surface area contributed by atoms with Crippen LogP contribution in [0.15, 0.2) is 50.7 Å². The zero-order chi connectivity index (χ0) is 15.5. The van der Waals surface area contributed by atoms with E-state index >= 15 is 0 Å². The third-order valence-electron chi connectivity index (χ3n) is 3.03. The monoisotopic (exact) mass is 296 g/mol. The minimum atomic E-state index is -0.521. The number of hydrogen-bond donors (Lipinski definition) is 2. The maximum absolute atomic E-state index is 12.1. The second kappa shape index (κ2) is 5.65. The van der Waals surface area contributed by atoms with Crippen molar-refractivity contribution in [3.8, 4) is 0 Å². The molecule has 0 aliphatic heterocycles. The van der Waals surface area contributed by atoms with E-state index in [1.165, 1.54) is 6.21 Å². The molecule has 7 heteroatoms. The SMILES string of the molecule is Cc1ccc(/C=N\NC(=O)c2n[nH]c(=O)c3ccccc23)o1. The Morgan fingerprint density at radius 1 is 1.27 bits per heavy atom. The molecule has 0 unspecified atom stereocenters. The summed E-state index contributed by atoms with van der Waals surface area (Å²) in [5.74, 6) is 0.755. The molecule has 2 aromatic heterocycles. The topological polar surface area (TPSA) is 100 Å². The number of furan rings is 1. The lowest BCUT2D eigenvalue weighted by molar-refractivity contribution is 0.0951. The Balaban J connectivity index is 1.85. The van der Waals surface area contributed by atoms with Gasteiger partial charge in [0.05, 0.1) is 11.6 Å². The highest BCUT2D eigenvalue weighted by atomic mass is 16.3. The van der Waals surface area contributed by atoms with E-state index < -0.39 is 5.91 Å². The molecule has 0 saturated heterocycles. The van der Waals surface area contributed by atoms with E-state index in [0.717, 1.165) is 5.76 Å². The molecule has 0 aliphatic rings. The summed E-state index contributed by atoms with van der Waals surface area (Å²) in [4.78, 5) is 23.8. The third kappa shape index (κ3) is 2.64. The minimum absolute atomic E-state index is 0.1000. The lowest BCUT2D eigenvalue weighted by atomic mass is 10.1. The zero-order valence-electron chi connectivity index (χ0n) is 11.7. The summed E-state index contributed by atoms with van der Waals surface area (Å²) in [7, 11) is 0. The van der Waals surface area contributed by atoms with Gasteiger partial charge in [-0.05, 0) is 25.1 Å². The van der Waals surface area contributed by atoms with Crippen LogP contribution in [0.3, 0.4) is 0 Å². The predicted octanol–water partition coefficient (Wildman–Crippen LogP) is 1.59. The van der Waals surface area contributed by atoms with Crippen molar-refractivity contribution in [2.75, 3.05) is 0 Å². The third-order valence-corrected chi connectivity index (χ3v) is 3.03. The number of carbonyl (C=O) groups is 1. The highest BCUT2D eigenvalue weighted by Gasteiger charge is 2.13. The van der Waals surface area contributed by atoms with E-state index in [1.807, 2.05) is 6.92 Å². The molecule has 0 bridgehead atoms. The molecule has 0 atom stereocenters. The van der Waals surface area contributed by atoms with Crippen LogP contribution in [0.5, 0.6) is 0 Å². The fourth-order valence-corrected chi connectivity index (χ4v) is 2.02. The molecular formula is C15H12N4O3. The number of H-pyrrole nitrogens is 1. The molecule has 3 rings (SSSR count). The number of aromatic nitrogens is 2. The van der Waals surface area contributed by atoms with Crippen LogP contribution >= 0.6 is 0 Å². The Morgan fingerprint density at radius 3 is 2.77 bits per heavy atom. The van der Waals surface area contributed by atoms with Gasteiger partial charge < -0.3 is 4.42 Å². The minimum Gasteiger partial charge on any atom is -0.460 e. The van der Waals surface area contributed by atoms with Crippen molar-refractivity contribution in [2.45, 2.75) is 6.92 Å². The highest BCUT2D eigenvalue weighted by Crippen LogP contribution is 2.12. The largest absolute Gasteiger partial charge is 0.460 e. The number of nitrogens with zero attached hydrogens (tertiary/aromatic N) is 2. The highest BCUT2D eigenvalue weighted by molar-refractivity contribution is 6.04. The molecule has 2 N–H and O–H groups in total. The average molecular weight is 296 g/mol. The summed E-state index contributed by atoms with van der Waals surface area (Å²) in [6.07, 6.45) is 1.39. The van der Waals surface area contributed by atoms with Gasteiger partial charge in [0.1, 0.15) is 11.5 Å². The number of fused-ring (bicyclic) bond motifs is 1. The van der Waals surface area contributed by atoms with Crippen LogP contribution in [0.2, 0.25) is 0 Å². The number of carbonyl (C=O) groups excluding carboxylic acids is 1. The van der Waals surface area contributed by atoms with Crippen LogP contribution in [0.4, 0.5) is 0 Å². The van der Waals surface area contributed by atoms with Crippen molar-refractivity contribution in [1.29, 1.82) is 0 Å². The molecule has 0 radical (unpaired) electrons. The number of aromatic amines is 1. The smallest absolute Gasteiger partial charge is 0.292 e. The van der Waals surface area contributed by atoms with Crippen LogP contribution in [0.25, 0.3) is 10.8 Å². The average Bonchev–Trinajstić information content (AvgIpc) is 2.93. The molecule has 0 spiro atoms. The van der Waals surface area contributed by atoms with Gasteiger partial charge in [-0.1, -0.05) is 18.2 Å². The number of hydrogen-bond acceptors (Lipinski definition) is 5. The Bertz CT molecular complexity index is 924. The van der Waals surface area contributed by atoms with Gasteiger partial charge in [-0.15, -0.1) is 0 Å². The van der Waals surface area contributed by atoms with Gasteiger partial charge in [0, 0.05) is 5.39 Å². The zero-order valence-corrected chi connectivity index (χ0v) is 11.7. The molecule has 2 heterocycles. The van der Waals surface area contributed by atoms with Gasteiger partial charge >= 0.3 is 0 Å². The van der Waals surface area contributed by atoms with Crippen LogP contribution < -0.4 is 11.0 Å². The summed E-state index contributed by atoms with van der Waals surface area (Å²) in [5, 5.41) is 10.8. The van der Waals surface area contributed by atoms with E-state index in [4.69, 9.17) is 4.42 Å². The van der Waals surface area contributed by atoms with Crippen LogP contribution in [-0.2, 0) is 0 Å². The van der Waals surface area contributed by atoms with Crippen molar-refractivity contribution < 1.29 is 9.21 Å². The molecular weight excluding hydrogens is 284 g/mol. The molecule has 0 aliphatic carbocycles.